The van der Waals surface area contributed by atoms with Gasteiger partial charge in [-0.05, 0) is 24.5 Å². The van der Waals surface area contributed by atoms with Crippen molar-refractivity contribution < 1.29 is 24.4 Å². The van der Waals surface area contributed by atoms with Crippen molar-refractivity contribution in [1.29, 1.82) is 0 Å². The fourth-order valence-corrected chi connectivity index (χ4v) is 2.13. The lowest BCUT2D eigenvalue weighted by atomic mass is 10.0. The Balaban J connectivity index is 2.57. The third kappa shape index (κ3) is 6.41. The van der Waals surface area contributed by atoms with Crippen LogP contribution in [0.3, 0.4) is 0 Å². The Bertz CT molecular complexity index is 620. The lowest BCUT2D eigenvalue weighted by Gasteiger charge is -2.16. The van der Waals surface area contributed by atoms with Gasteiger partial charge in [0.1, 0.15) is 6.04 Å². The standard InChI is InChI=1S/C15H19ClN2O6/c1-9(2)7-11(15(20)21)17-14(19)5-6-24-13-4-3-10(16)8-12(13)18(22)23/h3-4,8-9,11H,5-7H2,1-2H3,(H,17,19)(H,20,21)/t11-/m1/s1. The molecule has 0 radical (unpaired) electrons. The van der Waals surface area contributed by atoms with E-state index in [1.165, 1.54) is 12.1 Å². The molecular weight excluding hydrogens is 340 g/mol. The van der Waals surface area contributed by atoms with Crippen LogP contribution >= 0.6 is 11.6 Å². The van der Waals surface area contributed by atoms with E-state index in [9.17, 15) is 19.7 Å². The number of hydrogen-bond donors (Lipinski definition) is 2. The Kier molecular flexibility index (Phi) is 7.44. The zero-order chi connectivity index (χ0) is 18.3. The van der Waals surface area contributed by atoms with Crippen LogP contribution in [0.2, 0.25) is 5.02 Å². The van der Waals surface area contributed by atoms with Gasteiger partial charge in [0.2, 0.25) is 5.91 Å². The largest absolute Gasteiger partial charge is 0.486 e. The van der Waals surface area contributed by atoms with Gasteiger partial charge < -0.3 is 15.2 Å². The van der Waals surface area contributed by atoms with Gasteiger partial charge in [0.15, 0.2) is 5.75 Å². The molecule has 1 aromatic rings. The average Bonchev–Trinajstić information content (AvgIpc) is 2.47. The van der Waals surface area contributed by atoms with Crippen LogP contribution in [0.25, 0.3) is 0 Å². The minimum atomic E-state index is -1.11. The van der Waals surface area contributed by atoms with E-state index in [2.05, 4.69) is 5.32 Å². The molecule has 0 spiro atoms. The molecule has 0 unspecified atom stereocenters. The fraction of sp³-hybridized carbons (Fsp3) is 0.467. The van der Waals surface area contributed by atoms with Crippen molar-refractivity contribution in [2.75, 3.05) is 6.61 Å². The predicted molar refractivity (Wildman–Crippen MR) is 87.2 cm³/mol. The number of nitrogens with one attached hydrogen (secondary N) is 1. The number of benzene rings is 1. The molecule has 1 amide bonds. The van der Waals surface area contributed by atoms with E-state index in [0.29, 0.717) is 6.42 Å². The molecule has 1 aromatic carbocycles. The van der Waals surface area contributed by atoms with E-state index >= 15 is 0 Å². The molecule has 2 N–H and O–H groups in total. The van der Waals surface area contributed by atoms with Gasteiger partial charge in [-0.25, -0.2) is 4.79 Å². The molecule has 0 aromatic heterocycles. The van der Waals surface area contributed by atoms with Gasteiger partial charge in [0.25, 0.3) is 0 Å². The molecule has 0 saturated heterocycles. The van der Waals surface area contributed by atoms with E-state index in [1.807, 2.05) is 13.8 Å². The van der Waals surface area contributed by atoms with Crippen LogP contribution in [0.4, 0.5) is 5.69 Å². The lowest BCUT2D eigenvalue weighted by molar-refractivity contribution is -0.385. The normalized spacial score (nSPS) is 11.8. The van der Waals surface area contributed by atoms with Crippen LogP contribution in [0, 0.1) is 16.0 Å². The number of carboxylic acid groups (broad SMARTS) is 1. The van der Waals surface area contributed by atoms with E-state index < -0.39 is 22.8 Å². The molecular formula is C15H19ClN2O6. The van der Waals surface area contributed by atoms with Crippen LogP contribution in [-0.4, -0.2) is 34.6 Å². The van der Waals surface area contributed by atoms with Crippen molar-refractivity contribution in [2.45, 2.75) is 32.7 Å². The number of halogens is 1. The second kappa shape index (κ2) is 9.07. The smallest absolute Gasteiger partial charge is 0.326 e. The maximum atomic E-state index is 11.8. The van der Waals surface area contributed by atoms with Gasteiger partial charge in [-0.1, -0.05) is 25.4 Å². The summed E-state index contributed by atoms with van der Waals surface area (Å²) in [6.07, 6.45) is 0.187. The number of carboxylic acids is 1. The number of carbonyl (C=O) groups excluding carboxylic acids is 1. The second-order valence-corrected chi connectivity index (χ2v) is 5.99. The number of amides is 1. The van der Waals surface area contributed by atoms with Crippen LogP contribution in [0.15, 0.2) is 18.2 Å². The summed E-state index contributed by atoms with van der Waals surface area (Å²) < 4.78 is 5.24. The first kappa shape index (κ1) is 19.7. The number of nitro groups is 1. The number of nitrogens with zero attached hydrogens (tertiary/aromatic N) is 1. The van der Waals surface area contributed by atoms with Crippen molar-refractivity contribution in [2.24, 2.45) is 5.92 Å². The highest BCUT2D eigenvalue weighted by molar-refractivity contribution is 6.30. The Morgan fingerprint density at radius 1 is 1.42 bits per heavy atom. The van der Waals surface area contributed by atoms with E-state index in [4.69, 9.17) is 21.4 Å². The summed E-state index contributed by atoms with van der Waals surface area (Å²) >= 11 is 5.69. The number of ether oxygens (including phenoxy) is 1. The molecule has 0 aliphatic carbocycles. The molecule has 0 fully saturated rings. The highest BCUT2D eigenvalue weighted by Crippen LogP contribution is 2.29. The third-order valence-electron chi connectivity index (χ3n) is 3.04. The zero-order valence-electron chi connectivity index (χ0n) is 13.3. The van der Waals surface area contributed by atoms with Gasteiger partial charge >= 0.3 is 11.7 Å². The van der Waals surface area contributed by atoms with Crippen molar-refractivity contribution in [3.63, 3.8) is 0 Å². The molecule has 0 aliphatic heterocycles. The third-order valence-corrected chi connectivity index (χ3v) is 3.28. The number of aliphatic carboxylic acids is 1. The molecule has 1 atom stereocenters. The SMILES string of the molecule is CC(C)C[C@@H](NC(=O)CCOc1ccc(Cl)cc1[N+](=O)[O-])C(=O)O. The summed E-state index contributed by atoms with van der Waals surface area (Å²) in [7, 11) is 0. The Labute approximate surface area is 143 Å². The number of carbonyl (C=O) groups is 2. The molecule has 0 heterocycles. The van der Waals surface area contributed by atoms with Gasteiger partial charge in [0.05, 0.1) is 18.0 Å². The first-order valence-electron chi connectivity index (χ1n) is 7.29. The molecule has 132 valence electrons. The van der Waals surface area contributed by atoms with Crippen LogP contribution in [0.5, 0.6) is 5.75 Å². The van der Waals surface area contributed by atoms with Gasteiger partial charge in [-0.3, -0.25) is 14.9 Å². The highest BCUT2D eigenvalue weighted by atomic mass is 35.5. The number of hydrogen-bond acceptors (Lipinski definition) is 5. The van der Waals surface area contributed by atoms with Crippen molar-refractivity contribution >= 4 is 29.2 Å². The quantitative estimate of drug-likeness (QED) is 0.517. The van der Waals surface area contributed by atoms with Crippen LogP contribution in [0.1, 0.15) is 26.7 Å². The van der Waals surface area contributed by atoms with E-state index in [1.54, 1.807) is 0 Å². The molecule has 0 bridgehead atoms. The Hall–Kier alpha value is -2.35. The highest BCUT2D eigenvalue weighted by Gasteiger charge is 2.21. The minimum absolute atomic E-state index is 0.00540. The van der Waals surface area contributed by atoms with Crippen molar-refractivity contribution in [3.05, 3.63) is 33.3 Å². The molecule has 8 nitrogen and oxygen atoms in total. The van der Waals surface area contributed by atoms with E-state index in [-0.39, 0.29) is 35.4 Å². The van der Waals surface area contributed by atoms with E-state index in [0.717, 1.165) is 6.07 Å². The summed E-state index contributed by atoms with van der Waals surface area (Å²) in [4.78, 5) is 33.2. The zero-order valence-corrected chi connectivity index (χ0v) is 14.1. The first-order chi connectivity index (χ1) is 11.2. The molecule has 1 rings (SSSR count). The first-order valence-corrected chi connectivity index (χ1v) is 7.67. The maximum absolute atomic E-state index is 11.8. The van der Waals surface area contributed by atoms with Crippen molar-refractivity contribution in [1.82, 2.24) is 5.32 Å². The van der Waals surface area contributed by atoms with Gasteiger partial charge in [-0.15, -0.1) is 0 Å². The summed E-state index contributed by atoms with van der Waals surface area (Å²) in [5.41, 5.74) is -0.300. The van der Waals surface area contributed by atoms with Crippen LogP contribution < -0.4 is 10.1 Å². The predicted octanol–water partition coefficient (Wildman–Crippen LogP) is 2.63. The molecule has 24 heavy (non-hydrogen) atoms. The van der Waals surface area contributed by atoms with Crippen molar-refractivity contribution in [3.8, 4) is 5.75 Å². The number of rotatable bonds is 9. The lowest BCUT2D eigenvalue weighted by Crippen LogP contribution is -2.42. The summed E-state index contributed by atoms with van der Waals surface area (Å²) in [5, 5.41) is 22.6. The summed E-state index contributed by atoms with van der Waals surface area (Å²) in [6, 6.07) is 2.96. The molecule has 0 aliphatic rings. The van der Waals surface area contributed by atoms with Gasteiger partial charge in [-0.2, -0.15) is 0 Å². The Morgan fingerprint density at radius 2 is 2.08 bits per heavy atom. The topological polar surface area (TPSA) is 119 Å². The minimum Gasteiger partial charge on any atom is -0.486 e. The monoisotopic (exact) mass is 358 g/mol. The second-order valence-electron chi connectivity index (χ2n) is 5.56. The maximum Gasteiger partial charge on any atom is 0.326 e. The summed E-state index contributed by atoms with van der Waals surface area (Å²) in [5.74, 6) is -1.50. The van der Waals surface area contributed by atoms with Gasteiger partial charge in [0, 0.05) is 11.1 Å². The molecule has 9 heteroatoms. The molecule has 0 saturated carbocycles. The summed E-state index contributed by atoms with van der Waals surface area (Å²) in [6.45, 7) is 3.58. The number of nitro benzene ring substituents is 1. The Morgan fingerprint density at radius 3 is 2.62 bits per heavy atom. The van der Waals surface area contributed by atoms with Crippen LogP contribution in [-0.2, 0) is 9.59 Å². The average molecular weight is 359 g/mol. The fourth-order valence-electron chi connectivity index (χ4n) is 1.97.